The van der Waals surface area contributed by atoms with E-state index in [1.165, 1.54) is 32.1 Å². The van der Waals surface area contributed by atoms with E-state index in [0.717, 1.165) is 34.5 Å². The van der Waals surface area contributed by atoms with E-state index in [-0.39, 0.29) is 6.10 Å². The van der Waals surface area contributed by atoms with Crippen LogP contribution < -0.4 is 4.74 Å². The van der Waals surface area contributed by atoms with E-state index in [1.54, 1.807) is 7.11 Å². The van der Waals surface area contributed by atoms with Crippen LogP contribution in [0.1, 0.15) is 44.1 Å². The molecule has 0 radical (unpaired) electrons. The van der Waals surface area contributed by atoms with Crippen LogP contribution >= 0.6 is 15.9 Å². The summed E-state index contributed by atoms with van der Waals surface area (Å²) in [6.07, 6.45) is 8.10. The van der Waals surface area contributed by atoms with Gasteiger partial charge in [0.05, 0.1) is 17.7 Å². The second kappa shape index (κ2) is 7.30. The zero-order chi connectivity index (χ0) is 13.7. The summed E-state index contributed by atoms with van der Waals surface area (Å²) in [6.45, 7) is 0. The Morgan fingerprint density at radius 1 is 1.32 bits per heavy atom. The van der Waals surface area contributed by atoms with Crippen LogP contribution in [0, 0.1) is 5.92 Å². The van der Waals surface area contributed by atoms with Gasteiger partial charge in [0.15, 0.2) is 0 Å². The van der Waals surface area contributed by atoms with Crippen molar-refractivity contribution in [2.24, 2.45) is 5.92 Å². The van der Waals surface area contributed by atoms with Gasteiger partial charge >= 0.3 is 0 Å². The molecule has 0 bridgehead atoms. The summed E-state index contributed by atoms with van der Waals surface area (Å²) in [5.41, 5.74) is 1.16. The predicted octanol–water partition coefficient (Wildman–Crippen LogP) is 4.33. The number of hydrogen-bond donors (Lipinski definition) is 1. The molecule has 1 aliphatic rings. The van der Waals surface area contributed by atoms with Gasteiger partial charge in [0.1, 0.15) is 5.75 Å². The molecular weight excluding hydrogens is 304 g/mol. The third-order valence-corrected chi connectivity index (χ3v) is 4.64. The Labute approximate surface area is 124 Å². The van der Waals surface area contributed by atoms with Crippen molar-refractivity contribution in [1.82, 2.24) is 0 Å². The van der Waals surface area contributed by atoms with Crippen LogP contribution in [0.2, 0.25) is 0 Å². The first-order chi connectivity index (χ1) is 9.19. The highest BCUT2D eigenvalue weighted by Gasteiger charge is 2.18. The van der Waals surface area contributed by atoms with E-state index in [9.17, 15) is 5.11 Å². The minimum atomic E-state index is -0.219. The number of benzene rings is 1. The first kappa shape index (κ1) is 14.9. The zero-order valence-electron chi connectivity index (χ0n) is 11.6. The van der Waals surface area contributed by atoms with Gasteiger partial charge in [-0.05, 0) is 52.4 Å². The second-order valence-corrected chi connectivity index (χ2v) is 6.42. The molecule has 2 nitrogen and oxygen atoms in total. The van der Waals surface area contributed by atoms with Crippen LogP contribution in [0.5, 0.6) is 5.75 Å². The fourth-order valence-electron chi connectivity index (χ4n) is 3.00. The highest BCUT2D eigenvalue weighted by molar-refractivity contribution is 9.10. The maximum Gasteiger partial charge on any atom is 0.133 e. The summed E-state index contributed by atoms with van der Waals surface area (Å²) in [4.78, 5) is 0. The van der Waals surface area contributed by atoms with E-state index in [1.807, 2.05) is 18.2 Å². The van der Waals surface area contributed by atoms with Crippen molar-refractivity contribution in [2.45, 2.75) is 51.0 Å². The van der Waals surface area contributed by atoms with Crippen LogP contribution in [-0.2, 0) is 6.42 Å². The lowest BCUT2D eigenvalue weighted by Gasteiger charge is -2.24. The summed E-state index contributed by atoms with van der Waals surface area (Å²) >= 11 is 3.49. The molecule has 1 aromatic rings. The lowest BCUT2D eigenvalue weighted by atomic mass is 9.84. The van der Waals surface area contributed by atoms with E-state index in [0.29, 0.717) is 0 Å². The molecule has 1 unspecified atom stereocenters. The second-order valence-electron chi connectivity index (χ2n) is 5.57. The Balaban J connectivity index is 1.87. The average molecular weight is 327 g/mol. The summed E-state index contributed by atoms with van der Waals surface area (Å²) in [7, 11) is 1.66. The fourth-order valence-corrected chi connectivity index (χ4v) is 3.59. The van der Waals surface area contributed by atoms with Crippen molar-refractivity contribution in [1.29, 1.82) is 0 Å². The average Bonchev–Trinajstić information content (AvgIpc) is 2.40. The lowest BCUT2D eigenvalue weighted by molar-refractivity contribution is 0.130. The number of halogens is 1. The maximum absolute atomic E-state index is 10.2. The minimum absolute atomic E-state index is 0.219. The van der Waals surface area contributed by atoms with Crippen LogP contribution in [0.3, 0.4) is 0 Å². The van der Waals surface area contributed by atoms with Crippen molar-refractivity contribution in [2.75, 3.05) is 7.11 Å². The number of aliphatic hydroxyl groups excluding tert-OH is 1. The molecule has 2 rings (SSSR count). The molecular formula is C16H23BrO2. The van der Waals surface area contributed by atoms with Gasteiger partial charge in [-0.25, -0.2) is 0 Å². The van der Waals surface area contributed by atoms with Crippen molar-refractivity contribution < 1.29 is 9.84 Å². The monoisotopic (exact) mass is 326 g/mol. The molecule has 1 aromatic carbocycles. The molecule has 0 saturated heterocycles. The summed E-state index contributed by atoms with van der Waals surface area (Å²) in [5.74, 6) is 1.57. The van der Waals surface area contributed by atoms with Gasteiger partial charge < -0.3 is 9.84 Å². The number of rotatable bonds is 5. The largest absolute Gasteiger partial charge is 0.496 e. The predicted molar refractivity (Wildman–Crippen MR) is 81.6 cm³/mol. The summed E-state index contributed by atoms with van der Waals surface area (Å²) < 4.78 is 6.17. The van der Waals surface area contributed by atoms with Gasteiger partial charge in [-0.3, -0.25) is 0 Å². The van der Waals surface area contributed by atoms with E-state index in [4.69, 9.17) is 4.74 Å². The molecule has 3 heteroatoms. The van der Waals surface area contributed by atoms with Crippen LogP contribution in [0.4, 0.5) is 0 Å². The van der Waals surface area contributed by atoms with Crippen LogP contribution in [-0.4, -0.2) is 18.3 Å². The standard InChI is InChI=1S/C16H23BrO2/c1-19-16-8-7-13(11-15(16)17)10-14(18)9-12-5-3-2-4-6-12/h7-8,11-12,14,18H,2-6,9-10H2,1H3. The Hall–Kier alpha value is -0.540. The number of aliphatic hydroxyl groups is 1. The first-order valence-corrected chi connectivity index (χ1v) is 7.99. The SMILES string of the molecule is COc1ccc(CC(O)CC2CCCCC2)cc1Br. The molecule has 1 saturated carbocycles. The molecule has 0 aromatic heterocycles. The van der Waals surface area contributed by atoms with Gasteiger partial charge in [0, 0.05) is 0 Å². The van der Waals surface area contributed by atoms with Crippen LogP contribution in [0.25, 0.3) is 0 Å². The van der Waals surface area contributed by atoms with E-state index in [2.05, 4.69) is 15.9 Å². The maximum atomic E-state index is 10.2. The topological polar surface area (TPSA) is 29.5 Å². The molecule has 1 aliphatic carbocycles. The Bertz CT molecular complexity index is 400. The zero-order valence-corrected chi connectivity index (χ0v) is 13.2. The smallest absolute Gasteiger partial charge is 0.133 e. The van der Waals surface area contributed by atoms with Gasteiger partial charge in [-0.1, -0.05) is 38.2 Å². The molecule has 0 aliphatic heterocycles. The van der Waals surface area contributed by atoms with Crippen molar-refractivity contribution in [3.8, 4) is 5.75 Å². The van der Waals surface area contributed by atoms with Gasteiger partial charge in [0.25, 0.3) is 0 Å². The fraction of sp³-hybridized carbons (Fsp3) is 0.625. The van der Waals surface area contributed by atoms with Gasteiger partial charge in [0.2, 0.25) is 0 Å². The number of ether oxygens (including phenoxy) is 1. The quantitative estimate of drug-likeness (QED) is 0.872. The summed E-state index contributed by atoms with van der Waals surface area (Å²) in [6, 6.07) is 6.03. The highest BCUT2D eigenvalue weighted by atomic mass is 79.9. The number of methoxy groups -OCH3 is 1. The minimum Gasteiger partial charge on any atom is -0.496 e. The Morgan fingerprint density at radius 3 is 2.68 bits per heavy atom. The Kier molecular flexibility index (Phi) is 5.71. The molecule has 1 atom stereocenters. The lowest BCUT2D eigenvalue weighted by Crippen LogP contribution is -2.18. The third kappa shape index (κ3) is 4.50. The van der Waals surface area contributed by atoms with Gasteiger partial charge in [-0.15, -0.1) is 0 Å². The molecule has 106 valence electrons. The van der Waals surface area contributed by atoms with Gasteiger partial charge in [-0.2, -0.15) is 0 Å². The molecule has 0 amide bonds. The molecule has 19 heavy (non-hydrogen) atoms. The highest BCUT2D eigenvalue weighted by Crippen LogP contribution is 2.29. The Morgan fingerprint density at radius 2 is 2.05 bits per heavy atom. The summed E-state index contributed by atoms with van der Waals surface area (Å²) in [5, 5.41) is 10.2. The van der Waals surface area contributed by atoms with Crippen LogP contribution in [0.15, 0.2) is 22.7 Å². The molecule has 1 fully saturated rings. The van der Waals surface area contributed by atoms with E-state index >= 15 is 0 Å². The van der Waals surface area contributed by atoms with E-state index < -0.39 is 0 Å². The molecule has 0 spiro atoms. The van der Waals surface area contributed by atoms with Crippen molar-refractivity contribution >= 4 is 15.9 Å². The molecule has 0 heterocycles. The van der Waals surface area contributed by atoms with Crippen molar-refractivity contribution in [3.05, 3.63) is 28.2 Å². The number of hydrogen-bond acceptors (Lipinski definition) is 2. The third-order valence-electron chi connectivity index (χ3n) is 4.02. The molecule has 1 N–H and O–H groups in total. The normalized spacial score (nSPS) is 18.3. The van der Waals surface area contributed by atoms with Crippen molar-refractivity contribution in [3.63, 3.8) is 0 Å². The first-order valence-electron chi connectivity index (χ1n) is 7.19.